The Labute approximate surface area is 211 Å². The predicted octanol–water partition coefficient (Wildman–Crippen LogP) is 6.47. The number of nitrogens with one attached hydrogen (secondary N) is 1. The molecule has 3 aromatic rings. The Morgan fingerprint density at radius 1 is 1.08 bits per heavy atom. The SMILES string of the molecule is CC#Cc1ncc(-c2cc(NC(=O)c3cc(F)nc(C(C)C)c3)c(F)cc2C)cc1N1CCCCC1. The summed E-state index contributed by atoms with van der Waals surface area (Å²) in [4.78, 5) is 23.6. The second-order valence-corrected chi connectivity index (χ2v) is 9.37. The van der Waals surface area contributed by atoms with Crippen molar-refractivity contribution in [3.05, 3.63) is 70.8 Å². The van der Waals surface area contributed by atoms with E-state index in [1.807, 2.05) is 26.8 Å². The molecule has 186 valence electrons. The fourth-order valence-corrected chi connectivity index (χ4v) is 4.41. The van der Waals surface area contributed by atoms with Crippen LogP contribution in [0.25, 0.3) is 11.1 Å². The highest BCUT2D eigenvalue weighted by atomic mass is 19.1. The standard InChI is InChI=1S/C29H30F2N4O/c1-5-9-24-27(35-10-7-6-8-11-35)14-21(17-32-24)22-16-26(23(30)12-19(22)4)34-29(36)20-13-25(18(2)3)33-28(31)15-20/h12-18H,6-8,10-11H2,1-4H3,(H,34,36). The van der Waals surface area contributed by atoms with Gasteiger partial charge in [0.1, 0.15) is 11.5 Å². The molecular formula is C29H30F2N4O. The van der Waals surface area contributed by atoms with E-state index in [1.165, 1.54) is 18.6 Å². The van der Waals surface area contributed by atoms with Crippen LogP contribution < -0.4 is 10.2 Å². The molecule has 0 aliphatic carbocycles. The zero-order valence-corrected chi connectivity index (χ0v) is 21.1. The lowest BCUT2D eigenvalue weighted by molar-refractivity contribution is 0.102. The molecule has 0 bridgehead atoms. The molecule has 5 nitrogen and oxygen atoms in total. The van der Waals surface area contributed by atoms with Crippen LogP contribution in [0, 0.1) is 30.5 Å². The number of halogens is 2. The van der Waals surface area contributed by atoms with Gasteiger partial charge in [0.15, 0.2) is 0 Å². The molecule has 3 heterocycles. The van der Waals surface area contributed by atoms with Crippen molar-refractivity contribution in [2.75, 3.05) is 23.3 Å². The van der Waals surface area contributed by atoms with Crippen LogP contribution >= 0.6 is 0 Å². The topological polar surface area (TPSA) is 58.1 Å². The second kappa shape index (κ2) is 10.9. The quantitative estimate of drug-likeness (QED) is 0.330. The maximum Gasteiger partial charge on any atom is 0.255 e. The number of benzene rings is 1. The minimum Gasteiger partial charge on any atom is -0.369 e. The summed E-state index contributed by atoms with van der Waals surface area (Å²) in [7, 11) is 0. The molecule has 1 aliphatic heterocycles. The summed E-state index contributed by atoms with van der Waals surface area (Å²) in [5.74, 6) is 4.05. The van der Waals surface area contributed by atoms with Gasteiger partial charge in [-0.3, -0.25) is 4.79 Å². The third-order valence-electron chi connectivity index (χ3n) is 6.35. The van der Waals surface area contributed by atoms with Crippen LogP contribution in [-0.2, 0) is 0 Å². The third kappa shape index (κ3) is 5.54. The van der Waals surface area contributed by atoms with Crippen LogP contribution in [0.5, 0.6) is 0 Å². The van der Waals surface area contributed by atoms with Crippen molar-refractivity contribution < 1.29 is 13.6 Å². The molecule has 0 radical (unpaired) electrons. The van der Waals surface area contributed by atoms with E-state index in [1.54, 1.807) is 19.2 Å². The van der Waals surface area contributed by atoms with E-state index < -0.39 is 17.7 Å². The molecule has 2 aromatic heterocycles. The van der Waals surface area contributed by atoms with Gasteiger partial charge < -0.3 is 10.2 Å². The Hall–Kier alpha value is -3.79. The van der Waals surface area contributed by atoms with Gasteiger partial charge >= 0.3 is 0 Å². The minimum atomic E-state index is -0.747. The van der Waals surface area contributed by atoms with Crippen molar-refractivity contribution >= 4 is 17.3 Å². The Morgan fingerprint density at radius 3 is 2.53 bits per heavy atom. The molecule has 1 aliphatic rings. The predicted molar refractivity (Wildman–Crippen MR) is 139 cm³/mol. The van der Waals surface area contributed by atoms with E-state index in [2.05, 4.69) is 32.0 Å². The Kier molecular flexibility index (Phi) is 7.64. The fourth-order valence-electron chi connectivity index (χ4n) is 4.41. The van der Waals surface area contributed by atoms with Crippen LogP contribution in [0.1, 0.15) is 73.3 Å². The number of carbonyl (C=O) groups excluding carboxylic acids is 1. The van der Waals surface area contributed by atoms with Crippen molar-refractivity contribution in [1.29, 1.82) is 0 Å². The average molecular weight is 489 g/mol. The summed E-state index contributed by atoms with van der Waals surface area (Å²) in [6.45, 7) is 9.20. The number of rotatable bonds is 5. The minimum absolute atomic E-state index is 0.0147. The molecule has 7 heteroatoms. The molecule has 0 spiro atoms. The monoisotopic (exact) mass is 488 g/mol. The Balaban J connectivity index is 1.70. The van der Waals surface area contributed by atoms with Gasteiger partial charge in [0.05, 0.1) is 11.4 Å². The van der Waals surface area contributed by atoms with Gasteiger partial charge in [-0.15, -0.1) is 0 Å². The molecule has 0 saturated carbocycles. The van der Waals surface area contributed by atoms with Crippen molar-refractivity contribution in [1.82, 2.24) is 9.97 Å². The van der Waals surface area contributed by atoms with Crippen molar-refractivity contribution in [3.63, 3.8) is 0 Å². The summed E-state index contributed by atoms with van der Waals surface area (Å²) >= 11 is 0. The van der Waals surface area contributed by atoms with Crippen molar-refractivity contribution in [2.45, 2.75) is 52.9 Å². The van der Waals surface area contributed by atoms with Crippen molar-refractivity contribution in [3.8, 4) is 23.0 Å². The van der Waals surface area contributed by atoms with Crippen molar-refractivity contribution in [2.24, 2.45) is 0 Å². The number of anilines is 2. The summed E-state index contributed by atoms with van der Waals surface area (Å²) in [6, 6.07) is 7.61. The Morgan fingerprint density at radius 2 is 1.83 bits per heavy atom. The van der Waals surface area contributed by atoms with E-state index in [4.69, 9.17) is 0 Å². The third-order valence-corrected chi connectivity index (χ3v) is 6.35. The van der Waals surface area contributed by atoms with Gasteiger partial charge in [-0.1, -0.05) is 19.8 Å². The fraction of sp³-hybridized carbons (Fsp3) is 0.345. The van der Waals surface area contributed by atoms with Crippen LogP contribution in [0.15, 0.2) is 36.5 Å². The zero-order chi connectivity index (χ0) is 25.8. The van der Waals surface area contributed by atoms with Crippen LogP contribution in [0.2, 0.25) is 0 Å². The highest BCUT2D eigenvalue weighted by Crippen LogP contribution is 2.33. The first-order valence-electron chi connectivity index (χ1n) is 12.2. The first-order chi connectivity index (χ1) is 17.3. The first kappa shape index (κ1) is 25.3. The number of amides is 1. The van der Waals surface area contributed by atoms with Crippen LogP contribution in [0.4, 0.5) is 20.2 Å². The summed E-state index contributed by atoms with van der Waals surface area (Å²) < 4.78 is 28.9. The molecule has 0 atom stereocenters. The maximum absolute atomic E-state index is 14.9. The molecule has 4 rings (SSSR count). The summed E-state index contributed by atoms with van der Waals surface area (Å²) in [5.41, 5.74) is 4.51. The number of aromatic nitrogens is 2. The summed E-state index contributed by atoms with van der Waals surface area (Å²) in [6.07, 6.45) is 5.16. The van der Waals surface area contributed by atoms with Gasteiger partial charge in [-0.2, -0.15) is 4.39 Å². The maximum atomic E-state index is 14.9. The largest absolute Gasteiger partial charge is 0.369 e. The molecule has 36 heavy (non-hydrogen) atoms. The molecule has 1 aromatic carbocycles. The van der Waals surface area contributed by atoms with Gasteiger partial charge in [-0.25, -0.2) is 14.4 Å². The van der Waals surface area contributed by atoms with E-state index >= 15 is 0 Å². The number of hydrogen-bond acceptors (Lipinski definition) is 4. The summed E-state index contributed by atoms with van der Waals surface area (Å²) in [5, 5.41) is 2.61. The number of hydrogen-bond donors (Lipinski definition) is 1. The highest BCUT2D eigenvalue weighted by Gasteiger charge is 2.19. The number of piperidine rings is 1. The van der Waals surface area contributed by atoms with Gasteiger partial charge in [0, 0.05) is 42.2 Å². The first-order valence-corrected chi connectivity index (χ1v) is 12.2. The van der Waals surface area contributed by atoms with Gasteiger partial charge in [0.25, 0.3) is 5.91 Å². The normalized spacial score (nSPS) is 13.4. The Bertz CT molecular complexity index is 1350. The van der Waals surface area contributed by atoms with Gasteiger partial charge in [0.2, 0.25) is 5.95 Å². The molecule has 1 amide bonds. The number of carbonyl (C=O) groups is 1. The van der Waals surface area contributed by atoms with E-state index in [0.717, 1.165) is 54.5 Å². The average Bonchev–Trinajstić information content (AvgIpc) is 2.86. The molecular weight excluding hydrogens is 458 g/mol. The number of nitrogens with zero attached hydrogens (tertiary/aromatic N) is 3. The zero-order valence-electron chi connectivity index (χ0n) is 21.1. The van der Waals surface area contributed by atoms with Gasteiger partial charge in [-0.05, 0) is 80.3 Å². The lowest BCUT2D eigenvalue weighted by atomic mass is 9.99. The second-order valence-electron chi connectivity index (χ2n) is 9.37. The molecule has 1 N–H and O–H groups in total. The van der Waals surface area contributed by atoms with Crippen LogP contribution in [-0.4, -0.2) is 29.0 Å². The lowest BCUT2D eigenvalue weighted by Crippen LogP contribution is -2.30. The molecule has 1 saturated heterocycles. The molecule has 1 fully saturated rings. The highest BCUT2D eigenvalue weighted by molar-refractivity contribution is 6.04. The number of aryl methyl sites for hydroxylation is 1. The lowest BCUT2D eigenvalue weighted by Gasteiger charge is -2.29. The smallest absolute Gasteiger partial charge is 0.255 e. The van der Waals surface area contributed by atoms with E-state index in [9.17, 15) is 13.6 Å². The molecule has 0 unspecified atom stereocenters. The van der Waals surface area contributed by atoms with E-state index in [-0.39, 0.29) is 17.2 Å². The van der Waals surface area contributed by atoms with Crippen LogP contribution in [0.3, 0.4) is 0 Å². The number of pyridine rings is 2. The van der Waals surface area contributed by atoms with E-state index in [0.29, 0.717) is 11.3 Å².